The van der Waals surface area contributed by atoms with E-state index in [4.69, 9.17) is 4.74 Å². The van der Waals surface area contributed by atoms with Crippen molar-refractivity contribution in [1.82, 2.24) is 5.32 Å². The van der Waals surface area contributed by atoms with Gasteiger partial charge in [0.15, 0.2) is 0 Å². The zero-order valence-corrected chi connectivity index (χ0v) is 12.3. The molecule has 118 valence electrons. The van der Waals surface area contributed by atoms with Crippen LogP contribution in [-0.4, -0.2) is 19.1 Å². The number of hydrogen-bond donors (Lipinski definition) is 1. The number of benzene rings is 1. The second-order valence-electron chi connectivity index (χ2n) is 4.96. The van der Waals surface area contributed by atoms with E-state index >= 15 is 0 Å². The van der Waals surface area contributed by atoms with Crippen LogP contribution in [0.25, 0.3) is 0 Å². The van der Waals surface area contributed by atoms with E-state index in [2.05, 4.69) is 5.32 Å². The first-order chi connectivity index (χ1) is 9.79. The molecule has 0 amide bonds. The molecule has 3 nitrogen and oxygen atoms in total. The van der Waals surface area contributed by atoms with Crippen molar-refractivity contribution in [2.24, 2.45) is 5.92 Å². The average molecular weight is 303 g/mol. The van der Waals surface area contributed by atoms with E-state index in [9.17, 15) is 18.0 Å². The molecule has 0 fully saturated rings. The molecule has 0 aliphatic rings. The van der Waals surface area contributed by atoms with Crippen LogP contribution in [0.15, 0.2) is 24.3 Å². The number of nitrogens with one attached hydrogen (secondary N) is 1. The summed E-state index contributed by atoms with van der Waals surface area (Å²) in [6.07, 6.45) is -3.54. The molecule has 0 spiro atoms. The molecule has 0 aliphatic heterocycles. The maximum atomic E-state index is 12.5. The van der Waals surface area contributed by atoms with Gasteiger partial charge in [-0.05, 0) is 23.6 Å². The Morgan fingerprint density at radius 3 is 2.29 bits per heavy atom. The predicted molar refractivity (Wildman–Crippen MR) is 73.5 cm³/mol. The highest BCUT2D eigenvalue weighted by atomic mass is 19.4. The van der Waals surface area contributed by atoms with E-state index < -0.39 is 17.8 Å². The van der Waals surface area contributed by atoms with Crippen molar-refractivity contribution in [3.05, 3.63) is 35.4 Å². The smallest absolute Gasteiger partial charge is 0.416 e. The Labute approximate surface area is 122 Å². The van der Waals surface area contributed by atoms with Gasteiger partial charge in [0.05, 0.1) is 12.7 Å². The number of hydrogen-bond acceptors (Lipinski definition) is 3. The van der Waals surface area contributed by atoms with Crippen molar-refractivity contribution in [3.8, 4) is 0 Å². The molecular formula is C15H20F3NO2. The summed E-state index contributed by atoms with van der Waals surface area (Å²) >= 11 is 0. The Hall–Kier alpha value is -1.56. The Kier molecular flexibility index (Phi) is 6.20. The summed E-state index contributed by atoms with van der Waals surface area (Å²) in [5, 5.41) is 3.04. The van der Waals surface area contributed by atoms with Gasteiger partial charge >= 0.3 is 12.1 Å². The fraction of sp³-hybridized carbons (Fsp3) is 0.533. The molecule has 21 heavy (non-hydrogen) atoms. The third-order valence-electron chi connectivity index (χ3n) is 3.48. The van der Waals surface area contributed by atoms with Gasteiger partial charge in [-0.25, -0.2) is 0 Å². The number of esters is 1. The summed E-state index contributed by atoms with van der Waals surface area (Å²) in [5.41, 5.74) is -0.00194. The fourth-order valence-corrected chi connectivity index (χ4v) is 1.92. The second kappa shape index (κ2) is 7.45. The van der Waals surface area contributed by atoms with Crippen LogP contribution in [-0.2, 0) is 22.3 Å². The van der Waals surface area contributed by atoms with Gasteiger partial charge in [0.2, 0.25) is 0 Å². The van der Waals surface area contributed by atoms with Crippen LogP contribution in [0.1, 0.15) is 31.4 Å². The standard InChI is InChI=1S/C15H20F3NO2/c1-4-10(2)13(14(20)21-3)19-9-11-5-7-12(8-6-11)15(16,17)18/h5-8,10,13,19H,4,9H2,1-3H3. The summed E-state index contributed by atoms with van der Waals surface area (Å²) in [6, 6.07) is 4.41. The first-order valence-corrected chi connectivity index (χ1v) is 6.77. The third kappa shape index (κ3) is 5.04. The van der Waals surface area contributed by atoms with Crippen LogP contribution < -0.4 is 5.32 Å². The SMILES string of the molecule is CCC(C)C(NCc1ccc(C(F)(F)F)cc1)C(=O)OC. The normalized spacial score (nSPS) is 14.6. The van der Waals surface area contributed by atoms with Crippen LogP contribution >= 0.6 is 0 Å². The first kappa shape index (κ1) is 17.5. The van der Waals surface area contributed by atoms with Crippen molar-refractivity contribution in [1.29, 1.82) is 0 Å². The lowest BCUT2D eigenvalue weighted by Gasteiger charge is -2.22. The maximum absolute atomic E-state index is 12.5. The summed E-state index contributed by atoms with van der Waals surface area (Å²) in [5.74, 6) is -0.289. The minimum Gasteiger partial charge on any atom is -0.468 e. The van der Waals surface area contributed by atoms with Gasteiger partial charge in [-0.15, -0.1) is 0 Å². The first-order valence-electron chi connectivity index (χ1n) is 6.77. The predicted octanol–water partition coefficient (Wildman–Crippen LogP) is 3.38. The Morgan fingerprint density at radius 2 is 1.86 bits per heavy atom. The number of carbonyl (C=O) groups is 1. The van der Waals surface area contributed by atoms with Crippen molar-refractivity contribution in [2.75, 3.05) is 7.11 Å². The second-order valence-corrected chi connectivity index (χ2v) is 4.96. The molecular weight excluding hydrogens is 283 g/mol. The quantitative estimate of drug-likeness (QED) is 0.819. The summed E-state index contributed by atoms with van der Waals surface area (Å²) < 4.78 is 42.1. The van der Waals surface area contributed by atoms with Gasteiger partial charge in [-0.1, -0.05) is 32.4 Å². The van der Waals surface area contributed by atoms with Crippen LogP contribution in [0.3, 0.4) is 0 Å². The minimum absolute atomic E-state index is 0.0758. The molecule has 1 rings (SSSR count). The molecule has 0 radical (unpaired) electrons. The van der Waals surface area contributed by atoms with E-state index in [0.717, 1.165) is 18.6 Å². The number of methoxy groups -OCH3 is 1. The molecule has 1 N–H and O–H groups in total. The van der Waals surface area contributed by atoms with E-state index in [1.807, 2.05) is 13.8 Å². The lowest BCUT2D eigenvalue weighted by atomic mass is 9.99. The lowest BCUT2D eigenvalue weighted by Crippen LogP contribution is -2.42. The molecule has 6 heteroatoms. The summed E-state index contributed by atoms with van der Waals surface area (Å²) in [7, 11) is 1.32. The van der Waals surface area contributed by atoms with Crippen LogP contribution in [0.4, 0.5) is 13.2 Å². The number of rotatable bonds is 6. The van der Waals surface area contributed by atoms with E-state index in [1.165, 1.54) is 19.2 Å². The van der Waals surface area contributed by atoms with Crippen molar-refractivity contribution >= 4 is 5.97 Å². The zero-order chi connectivity index (χ0) is 16.0. The van der Waals surface area contributed by atoms with Crippen molar-refractivity contribution in [3.63, 3.8) is 0 Å². The lowest BCUT2D eigenvalue weighted by molar-refractivity contribution is -0.144. The molecule has 2 unspecified atom stereocenters. The minimum atomic E-state index is -4.34. The Balaban J connectivity index is 2.70. The average Bonchev–Trinajstić information content (AvgIpc) is 2.46. The molecule has 0 aromatic heterocycles. The molecule has 0 bridgehead atoms. The van der Waals surface area contributed by atoms with Gasteiger partial charge < -0.3 is 10.1 Å². The van der Waals surface area contributed by atoms with Gasteiger partial charge in [-0.2, -0.15) is 13.2 Å². The fourth-order valence-electron chi connectivity index (χ4n) is 1.92. The monoisotopic (exact) mass is 303 g/mol. The van der Waals surface area contributed by atoms with E-state index in [-0.39, 0.29) is 11.9 Å². The van der Waals surface area contributed by atoms with E-state index in [1.54, 1.807) is 0 Å². The van der Waals surface area contributed by atoms with Gasteiger partial charge in [0.25, 0.3) is 0 Å². The molecule has 0 saturated heterocycles. The molecule has 1 aromatic carbocycles. The third-order valence-corrected chi connectivity index (χ3v) is 3.48. The van der Waals surface area contributed by atoms with Crippen LogP contribution in [0.2, 0.25) is 0 Å². The van der Waals surface area contributed by atoms with Crippen LogP contribution in [0.5, 0.6) is 0 Å². The number of carbonyl (C=O) groups excluding carboxylic acids is 1. The highest BCUT2D eigenvalue weighted by Gasteiger charge is 2.30. The van der Waals surface area contributed by atoms with Gasteiger partial charge in [0.1, 0.15) is 6.04 Å². The van der Waals surface area contributed by atoms with Crippen molar-refractivity contribution < 1.29 is 22.7 Å². The highest BCUT2D eigenvalue weighted by Crippen LogP contribution is 2.29. The van der Waals surface area contributed by atoms with Crippen molar-refractivity contribution in [2.45, 2.75) is 39.0 Å². The number of halogens is 3. The summed E-state index contributed by atoms with van der Waals surface area (Å²) in [6.45, 7) is 4.18. The van der Waals surface area contributed by atoms with Crippen LogP contribution in [0, 0.1) is 5.92 Å². The number of ether oxygens (including phenoxy) is 1. The molecule has 0 aliphatic carbocycles. The summed E-state index contributed by atoms with van der Waals surface area (Å²) in [4.78, 5) is 11.7. The Bertz CT molecular complexity index is 457. The largest absolute Gasteiger partial charge is 0.468 e. The molecule has 2 atom stereocenters. The number of alkyl halides is 3. The zero-order valence-electron chi connectivity index (χ0n) is 12.3. The highest BCUT2D eigenvalue weighted by molar-refractivity contribution is 5.75. The van der Waals surface area contributed by atoms with Gasteiger partial charge in [-0.3, -0.25) is 4.79 Å². The Morgan fingerprint density at radius 1 is 1.29 bits per heavy atom. The molecule has 1 aromatic rings. The topological polar surface area (TPSA) is 38.3 Å². The molecule has 0 heterocycles. The van der Waals surface area contributed by atoms with Gasteiger partial charge in [0, 0.05) is 6.54 Å². The van der Waals surface area contributed by atoms with E-state index in [0.29, 0.717) is 12.1 Å². The molecule has 0 saturated carbocycles. The maximum Gasteiger partial charge on any atom is 0.416 e.